The standard InChI is InChI=1S/C38H23NO/c1-2-11-26(12-3-1)39-34-17-5-4-13-29(34)32-21-20-28-27(14-8-16-31(28)38(32)39)25-19-22-35-33(23-25)30-15-6-9-24-10-7-18-36(40-35)37(24)30/h1-23H. The Hall–Kier alpha value is -5.34. The molecule has 0 radical (unpaired) electrons. The van der Waals surface area contributed by atoms with Crippen LogP contribution in [0.5, 0.6) is 11.5 Å². The molecule has 0 spiro atoms. The van der Waals surface area contributed by atoms with Gasteiger partial charge in [-0.15, -0.1) is 0 Å². The molecule has 0 fully saturated rings. The van der Waals surface area contributed by atoms with Crippen molar-refractivity contribution in [1.82, 2.24) is 4.57 Å². The van der Waals surface area contributed by atoms with Crippen LogP contribution in [0.3, 0.4) is 0 Å². The Morgan fingerprint density at radius 3 is 2.10 bits per heavy atom. The maximum atomic E-state index is 6.38. The van der Waals surface area contributed by atoms with Gasteiger partial charge in [0, 0.05) is 32.8 Å². The highest BCUT2D eigenvalue weighted by Crippen LogP contribution is 2.48. The predicted octanol–water partition coefficient (Wildman–Crippen LogP) is 10.5. The van der Waals surface area contributed by atoms with Crippen LogP contribution in [0.15, 0.2) is 140 Å². The summed E-state index contributed by atoms with van der Waals surface area (Å²) in [6, 6.07) is 50.1. The average molecular weight is 510 g/mol. The number of ether oxygens (including phenoxy) is 1. The van der Waals surface area contributed by atoms with E-state index in [2.05, 4.69) is 144 Å². The first-order valence-corrected chi connectivity index (χ1v) is 13.7. The van der Waals surface area contributed by atoms with Gasteiger partial charge in [0.05, 0.1) is 11.0 Å². The molecule has 8 aromatic rings. The SMILES string of the molecule is c1ccc(-n2c3ccccc3c3ccc4c(-c5ccc6c(c5)-c5cccc7cccc(c57)O6)cccc4c32)cc1. The summed E-state index contributed by atoms with van der Waals surface area (Å²) < 4.78 is 8.79. The molecule has 7 aromatic carbocycles. The number of aromatic nitrogens is 1. The van der Waals surface area contributed by atoms with Crippen LogP contribution >= 0.6 is 0 Å². The molecule has 0 saturated carbocycles. The van der Waals surface area contributed by atoms with Crippen molar-refractivity contribution in [1.29, 1.82) is 0 Å². The van der Waals surface area contributed by atoms with E-state index in [1.54, 1.807) is 0 Å². The smallest absolute Gasteiger partial charge is 0.135 e. The molecular formula is C38H23NO. The van der Waals surface area contributed by atoms with Crippen molar-refractivity contribution in [3.8, 4) is 39.4 Å². The van der Waals surface area contributed by atoms with Gasteiger partial charge in [-0.2, -0.15) is 0 Å². The van der Waals surface area contributed by atoms with E-state index in [9.17, 15) is 0 Å². The lowest BCUT2D eigenvalue weighted by Gasteiger charge is -2.22. The summed E-state index contributed by atoms with van der Waals surface area (Å²) in [5, 5.41) is 7.41. The Morgan fingerprint density at radius 1 is 0.450 bits per heavy atom. The van der Waals surface area contributed by atoms with Crippen LogP contribution < -0.4 is 4.74 Å². The van der Waals surface area contributed by atoms with E-state index in [1.165, 1.54) is 65.7 Å². The van der Waals surface area contributed by atoms with Gasteiger partial charge in [0.15, 0.2) is 0 Å². The molecule has 1 aliphatic heterocycles. The van der Waals surface area contributed by atoms with Crippen molar-refractivity contribution in [3.63, 3.8) is 0 Å². The lowest BCUT2D eigenvalue weighted by Crippen LogP contribution is -1.97. The summed E-state index contributed by atoms with van der Waals surface area (Å²) in [5.41, 5.74) is 8.40. The fourth-order valence-electron chi connectivity index (χ4n) is 6.65. The summed E-state index contributed by atoms with van der Waals surface area (Å²) in [6.45, 7) is 0. The van der Waals surface area contributed by atoms with Crippen molar-refractivity contribution in [2.75, 3.05) is 0 Å². The van der Waals surface area contributed by atoms with E-state index in [1.807, 2.05) is 0 Å². The molecule has 0 N–H and O–H groups in total. The second-order valence-corrected chi connectivity index (χ2v) is 10.5. The largest absolute Gasteiger partial charge is 0.456 e. The predicted molar refractivity (Wildman–Crippen MR) is 167 cm³/mol. The van der Waals surface area contributed by atoms with Gasteiger partial charge in [0.1, 0.15) is 11.5 Å². The molecule has 0 bridgehead atoms. The highest BCUT2D eigenvalue weighted by molar-refractivity contribution is 6.20. The molecule has 2 heterocycles. The molecule has 0 amide bonds. The molecule has 9 rings (SSSR count). The lowest BCUT2D eigenvalue weighted by molar-refractivity contribution is 0.487. The van der Waals surface area contributed by atoms with Crippen LogP contribution in [-0.2, 0) is 0 Å². The highest BCUT2D eigenvalue weighted by atomic mass is 16.5. The fraction of sp³-hybridized carbons (Fsp3) is 0. The van der Waals surface area contributed by atoms with Crippen LogP contribution in [0.1, 0.15) is 0 Å². The van der Waals surface area contributed by atoms with Crippen LogP contribution in [0.2, 0.25) is 0 Å². The molecule has 1 aliphatic rings. The van der Waals surface area contributed by atoms with Gasteiger partial charge in [-0.05, 0) is 63.9 Å². The lowest BCUT2D eigenvalue weighted by atomic mass is 9.91. The van der Waals surface area contributed by atoms with Gasteiger partial charge in [0.2, 0.25) is 0 Å². The number of hydrogen-bond donors (Lipinski definition) is 0. The zero-order valence-corrected chi connectivity index (χ0v) is 21.6. The minimum Gasteiger partial charge on any atom is -0.456 e. The normalized spacial score (nSPS) is 12.2. The van der Waals surface area contributed by atoms with Crippen LogP contribution in [0.25, 0.3) is 71.3 Å². The van der Waals surface area contributed by atoms with Crippen molar-refractivity contribution < 1.29 is 4.74 Å². The zero-order valence-electron chi connectivity index (χ0n) is 21.6. The molecule has 0 atom stereocenters. The second-order valence-electron chi connectivity index (χ2n) is 10.5. The number of benzene rings is 7. The van der Waals surface area contributed by atoms with Crippen molar-refractivity contribution >= 4 is 43.4 Å². The Kier molecular flexibility index (Phi) is 4.36. The summed E-state index contributed by atoms with van der Waals surface area (Å²) in [4.78, 5) is 0. The second kappa shape index (κ2) is 8.08. The van der Waals surface area contributed by atoms with E-state index < -0.39 is 0 Å². The Morgan fingerprint density at radius 2 is 1.18 bits per heavy atom. The first kappa shape index (κ1) is 21.6. The monoisotopic (exact) mass is 509 g/mol. The molecule has 40 heavy (non-hydrogen) atoms. The zero-order chi connectivity index (χ0) is 26.2. The first-order valence-electron chi connectivity index (χ1n) is 13.7. The van der Waals surface area contributed by atoms with Crippen molar-refractivity contribution in [3.05, 3.63) is 140 Å². The number of para-hydroxylation sites is 2. The fourth-order valence-corrected chi connectivity index (χ4v) is 6.65. The van der Waals surface area contributed by atoms with Gasteiger partial charge >= 0.3 is 0 Å². The average Bonchev–Trinajstić information content (AvgIpc) is 3.36. The molecular weight excluding hydrogens is 486 g/mol. The number of rotatable bonds is 2. The van der Waals surface area contributed by atoms with Gasteiger partial charge in [-0.25, -0.2) is 0 Å². The first-order chi connectivity index (χ1) is 19.8. The third-order valence-electron chi connectivity index (χ3n) is 8.37. The Labute approximate surface area is 231 Å². The Balaban J connectivity index is 1.33. The molecule has 0 unspecified atom stereocenters. The maximum Gasteiger partial charge on any atom is 0.135 e. The third-order valence-corrected chi connectivity index (χ3v) is 8.37. The van der Waals surface area contributed by atoms with E-state index in [0.717, 1.165) is 17.1 Å². The van der Waals surface area contributed by atoms with Crippen molar-refractivity contribution in [2.45, 2.75) is 0 Å². The molecule has 0 saturated heterocycles. The van der Waals surface area contributed by atoms with Gasteiger partial charge in [-0.1, -0.05) is 103 Å². The van der Waals surface area contributed by atoms with Crippen molar-refractivity contribution in [2.24, 2.45) is 0 Å². The Bertz CT molecular complexity index is 2290. The van der Waals surface area contributed by atoms with Crippen LogP contribution in [-0.4, -0.2) is 4.57 Å². The van der Waals surface area contributed by atoms with Crippen LogP contribution in [0.4, 0.5) is 0 Å². The van der Waals surface area contributed by atoms with E-state index >= 15 is 0 Å². The molecule has 2 nitrogen and oxygen atoms in total. The quantitative estimate of drug-likeness (QED) is 0.226. The van der Waals surface area contributed by atoms with E-state index in [-0.39, 0.29) is 0 Å². The van der Waals surface area contributed by atoms with Gasteiger partial charge in [-0.3, -0.25) is 0 Å². The number of fused-ring (bicyclic) bond motifs is 7. The van der Waals surface area contributed by atoms with Crippen LogP contribution in [0, 0.1) is 0 Å². The molecule has 0 aliphatic carbocycles. The van der Waals surface area contributed by atoms with Gasteiger partial charge < -0.3 is 9.30 Å². The summed E-state index contributed by atoms with van der Waals surface area (Å²) >= 11 is 0. The topological polar surface area (TPSA) is 14.2 Å². The van der Waals surface area contributed by atoms with Gasteiger partial charge in [0.25, 0.3) is 0 Å². The number of hydrogen-bond acceptors (Lipinski definition) is 1. The minimum absolute atomic E-state index is 0.904. The highest BCUT2D eigenvalue weighted by Gasteiger charge is 2.21. The third kappa shape index (κ3) is 2.93. The van der Waals surface area contributed by atoms with E-state index in [0.29, 0.717) is 0 Å². The maximum absolute atomic E-state index is 6.38. The number of nitrogens with zero attached hydrogens (tertiary/aromatic N) is 1. The van der Waals surface area contributed by atoms with E-state index in [4.69, 9.17) is 4.74 Å². The minimum atomic E-state index is 0.904. The summed E-state index contributed by atoms with van der Waals surface area (Å²) in [5.74, 6) is 1.83. The summed E-state index contributed by atoms with van der Waals surface area (Å²) in [6.07, 6.45) is 0. The summed E-state index contributed by atoms with van der Waals surface area (Å²) in [7, 11) is 0. The molecule has 2 heteroatoms. The molecule has 1 aromatic heterocycles. The molecule has 186 valence electrons.